The lowest BCUT2D eigenvalue weighted by Gasteiger charge is -2.62. The Labute approximate surface area is 200 Å². The number of piperidine rings is 1. The first-order valence-electron chi connectivity index (χ1n) is 12.7. The van der Waals surface area contributed by atoms with Crippen molar-refractivity contribution < 1.29 is 24.2 Å². The molecule has 0 spiro atoms. The zero-order valence-electron chi connectivity index (χ0n) is 20.0. The molecule has 0 aromatic carbocycles. The van der Waals surface area contributed by atoms with Crippen LogP contribution in [0.4, 0.5) is 0 Å². The molecule has 1 heterocycles. The predicted molar refractivity (Wildman–Crippen MR) is 121 cm³/mol. The number of esters is 1. The van der Waals surface area contributed by atoms with Crippen LogP contribution in [0.3, 0.4) is 0 Å². The van der Waals surface area contributed by atoms with E-state index in [4.69, 9.17) is 15.6 Å². The average Bonchev–Trinajstić information content (AvgIpc) is 3.21. The van der Waals surface area contributed by atoms with Crippen LogP contribution in [-0.2, 0) is 19.1 Å². The number of amides is 1. The summed E-state index contributed by atoms with van der Waals surface area (Å²) in [7, 11) is 1.64. The number of carboxylic acid groups (broad SMARTS) is 1. The van der Waals surface area contributed by atoms with E-state index in [1.165, 1.54) is 0 Å². The number of carboxylic acids is 1. The van der Waals surface area contributed by atoms with Crippen LogP contribution in [0.1, 0.15) is 64.7 Å². The van der Waals surface area contributed by atoms with Crippen molar-refractivity contribution in [2.75, 3.05) is 7.05 Å². The van der Waals surface area contributed by atoms with Crippen LogP contribution in [0.15, 0.2) is 0 Å². The van der Waals surface area contributed by atoms with Gasteiger partial charge in [0.15, 0.2) is 0 Å². The van der Waals surface area contributed by atoms with Crippen LogP contribution < -0.4 is 11.1 Å². The molecule has 1 saturated heterocycles. The van der Waals surface area contributed by atoms with Crippen molar-refractivity contribution in [2.45, 2.75) is 94.5 Å². The number of hydrogen-bond acceptors (Lipinski definition) is 7. The maximum Gasteiger partial charge on any atom is 0.323 e. The molecule has 8 atom stereocenters. The summed E-state index contributed by atoms with van der Waals surface area (Å²) in [5.74, 6) is 0.0789. The first-order valence-corrected chi connectivity index (χ1v) is 12.7. The molecule has 6 rings (SSSR count). The minimum absolute atomic E-state index is 0.110. The molecule has 0 radical (unpaired) electrons. The molecule has 9 heteroatoms. The molecule has 0 aromatic heterocycles. The van der Waals surface area contributed by atoms with Crippen molar-refractivity contribution in [1.82, 2.24) is 10.2 Å². The Morgan fingerprint density at radius 2 is 1.91 bits per heavy atom. The summed E-state index contributed by atoms with van der Waals surface area (Å²) in [5.41, 5.74) is 5.71. The van der Waals surface area contributed by atoms with Gasteiger partial charge in [-0.2, -0.15) is 5.26 Å². The first kappa shape index (κ1) is 23.6. The fraction of sp³-hybridized carbons (Fsp3) is 0.840. The smallest absolute Gasteiger partial charge is 0.323 e. The Bertz CT molecular complexity index is 917. The molecule has 4 N–H and O–H groups in total. The van der Waals surface area contributed by atoms with Gasteiger partial charge in [-0.05, 0) is 87.5 Å². The van der Waals surface area contributed by atoms with Crippen molar-refractivity contribution in [1.29, 1.82) is 5.26 Å². The number of likely N-dealkylation sites (tertiary alicyclic amines) is 1. The number of ether oxygens (including phenoxy) is 1. The number of carbonyl (C=O) groups excluding carboxylic acids is 2. The predicted octanol–water partition coefficient (Wildman–Crippen LogP) is 1.41. The van der Waals surface area contributed by atoms with Gasteiger partial charge in [0.1, 0.15) is 17.7 Å². The maximum absolute atomic E-state index is 13.7. The highest BCUT2D eigenvalue weighted by molar-refractivity contribution is 5.85. The molecule has 6 aliphatic rings. The van der Waals surface area contributed by atoms with E-state index in [0.717, 1.165) is 38.5 Å². The molecule has 5 saturated carbocycles. The quantitative estimate of drug-likeness (QED) is 0.450. The molecule has 5 aliphatic carbocycles. The number of carbonyl (C=O) groups is 3. The van der Waals surface area contributed by atoms with Crippen molar-refractivity contribution in [3.05, 3.63) is 0 Å². The monoisotopic (exact) mass is 472 g/mol. The molecular weight excluding hydrogens is 436 g/mol. The summed E-state index contributed by atoms with van der Waals surface area (Å²) in [6.45, 7) is 2.14. The minimum atomic E-state index is -0.948. The second kappa shape index (κ2) is 8.20. The van der Waals surface area contributed by atoms with Gasteiger partial charge < -0.3 is 25.8 Å². The zero-order chi connectivity index (χ0) is 24.4. The zero-order valence-corrected chi connectivity index (χ0v) is 20.0. The normalized spacial score (nSPS) is 43.1. The third-order valence-corrected chi connectivity index (χ3v) is 9.64. The topological polar surface area (TPSA) is 146 Å². The van der Waals surface area contributed by atoms with E-state index < -0.39 is 41.1 Å². The van der Waals surface area contributed by atoms with Crippen molar-refractivity contribution >= 4 is 17.8 Å². The van der Waals surface area contributed by atoms with E-state index in [1.54, 1.807) is 11.9 Å². The molecule has 186 valence electrons. The number of nitrogens with two attached hydrogens (primary N) is 1. The van der Waals surface area contributed by atoms with Crippen molar-refractivity contribution in [2.24, 2.45) is 34.8 Å². The van der Waals surface area contributed by atoms with Gasteiger partial charge in [0.2, 0.25) is 5.91 Å². The molecule has 6 fully saturated rings. The maximum atomic E-state index is 13.7. The minimum Gasteiger partial charge on any atom is -0.481 e. The Morgan fingerprint density at radius 1 is 1.24 bits per heavy atom. The van der Waals surface area contributed by atoms with Crippen LogP contribution in [0.5, 0.6) is 0 Å². The highest BCUT2D eigenvalue weighted by atomic mass is 16.6. The second-order valence-corrected chi connectivity index (χ2v) is 11.8. The summed E-state index contributed by atoms with van der Waals surface area (Å²) in [5, 5.41) is 21.5. The summed E-state index contributed by atoms with van der Waals surface area (Å²) in [6.07, 6.45) is 5.71. The molecule has 9 nitrogen and oxygen atoms in total. The standard InChI is InChI=1S/C25H36N4O5/c1-13-17-6-16(11-26)29(20(13)17)22(32)21(27)24-7-14-5-15(8-24)10-25(9-14,12-24)34-23(33)18(28-2)3-4-19(30)31/h13-18,20-21,28H,3-10,12,27H2,1-2H3,(H,30,31). The van der Waals surface area contributed by atoms with Gasteiger partial charge in [0.05, 0.1) is 12.1 Å². The summed E-state index contributed by atoms with van der Waals surface area (Å²) >= 11 is 0. The van der Waals surface area contributed by atoms with Gasteiger partial charge in [0, 0.05) is 12.5 Å². The Balaban J connectivity index is 1.34. The molecule has 8 unspecified atom stereocenters. The van der Waals surface area contributed by atoms with Gasteiger partial charge in [-0.25, -0.2) is 0 Å². The highest BCUT2D eigenvalue weighted by Gasteiger charge is 2.65. The molecule has 4 bridgehead atoms. The van der Waals surface area contributed by atoms with Crippen LogP contribution >= 0.6 is 0 Å². The van der Waals surface area contributed by atoms with Crippen LogP contribution in [0.2, 0.25) is 0 Å². The SMILES string of the molecule is CNC(CCC(=O)O)C(=O)OC12CC3CC(C1)CC(C(N)C(=O)N1C(C#N)CC4C(C)C41)(C3)C2. The number of nitrogens with zero attached hydrogens (tertiary/aromatic N) is 2. The molecule has 0 aromatic rings. The first-order chi connectivity index (χ1) is 16.1. The van der Waals surface area contributed by atoms with E-state index in [0.29, 0.717) is 30.1 Å². The Morgan fingerprint density at radius 3 is 2.50 bits per heavy atom. The van der Waals surface area contributed by atoms with Crippen LogP contribution in [-0.4, -0.2) is 64.7 Å². The molecule has 1 aliphatic heterocycles. The third kappa shape index (κ3) is 3.70. The number of nitrogens with one attached hydrogen (secondary N) is 1. The second-order valence-electron chi connectivity index (χ2n) is 11.8. The number of likely N-dealkylation sites (N-methyl/N-ethyl adjacent to an activating group) is 1. The third-order valence-electron chi connectivity index (χ3n) is 9.64. The van der Waals surface area contributed by atoms with Gasteiger partial charge >= 0.3 is 11.9 Å². The lowest BCUT2D eigenvalue weighted by atomic mass is 9.46. The summed E-state index contributed by atoms with van der Waals surface area (Å²) in [6, 6.07) is 0.671. The Kier molecular flexibility index (Phi) is 5.68. The number of hydrogen-bond donors (Lipinski definition) is 3. The molecular formula is C25H36N4O5. The fourth-order valence-electron chi connectivity index (χ4n) is 8.42. The lowest BCUT2D eigenvalue weighted by Crippen LogP contribution is -2.66. The highest BCUT2D eigenvalue weighted by Crippen LogP contribution is 2.64. The number of aliphatic carboxylic acids is 1. The van der Waals surface area contributed by atoms with Gasteiger partial charge in [0.25, 0.3) is 0 Å². The lowest BCUT2D eigenvalue weighted by molar-refractivity contribution is -0.207. The van der Waals surface area contributed by atoms with Crippen LogP contribution in [0.25, 0.3) is 0 Å². The van der Waals surface area contributed by atoms with Gasteiger partial charge in [-0.3, -0.25) is 14.4 Å². The largest absolute Gasteiger partial charge is 0.481 e. The van der Waals surface area contributed by atoms with Crippen molar-refractivity contribution in [3.8, 4) is 6.07 Å². The fourth-order valence-corrected chi connectivity index (χ4v) is 8.42. The van der Waals surface area contributed by atoms with E-state index in [2.05, 4.69) is 18.3 Å². The summed E-state index contributed by atoms with van der Waals surface area (Å²) in [4.78, 5) is 39.5. The molecule has 1 amide bonds. The van der Waals surface area contributed by atoms with E-state index in [-0.39, 0.29) is 24.8 Å². The van der Waals surface area contributed by atoms with E-state index >= 15 is 0 Å². The van der Waals surface area contributed by atoms with Gasteiger partial charge in [-0.15, -0.1) is 0 Å². The van der Waals surface area contributed by atoms with Crippen LogP contribution in [0, 0.1) is 40.4 Å². The summed E-state index contributed by atoms with van der Waals surface area (Å²) < 4.78 is 6.18. The van der Waals surface area contributed by atoms with Gasteiger partial charge in [-0.1, -0.05) is 6.92 Å². The van der Waals surface area contributed by atoms with E-state index in [9.17, 15) is 19.6 Å². The number of fused-ring (bicyclic) bond motifs is 1. The Hall–Kier alpha value is -2.18. The van der Waals surface area contributed by atoms with Crippen molar-refractivity contribution in [3.63, 3.8) is 0 Å². The average molecular weight is 473 g/mol. The molecule has 34 heavy (non-hydrogen) atoms. The number of rotatable bonds is 8. The number of nitriles is 1. The van der Waals surface area contributed by atoms with E-state index in [1.807, 2.05) is 0 Å².